The van der Waals surface area contributed by atoms with E-state index in [9.17, 15) is 9.59 Å². The van der Waals surface area contributed by atoms with E-state index in [4.69, 9.17) is 17.0 Å². The van der Waals surface area contributed by atoms with Crippen molar-refractivity contribution in [3.05, 3.63) is 62.0 Å². The lowest BCUT2D eigenvalue weighted by Gasteiger charge is -2.12. The highest BCUT2D eigenvalue weighted by molar-refractivity contribution is 9.10. The number of hydrogen-bond donors (Lipinski definition) is 3. The van der Waals surface area contributed by atoms with Crippen molar-refractivity contribution in [2.75, 3.05) is 6.61 Å². The molecule has 0 aliphatic carbocycles. The largest absolute Gasteiger partial charge is 0.492 e. The van der Waals surface area contributed by atoms with E-state index in [0.717, 1.165) is 22.9 Å². The Balaban J connectivity index is 1.88. The number of halogens is 2. The first-order valence-electron chi connectivity index (χ1n) is 8.92. The number of amides is 2. The number of benzene rings is 2. The Morgan fingerprint density at radius 2 is 1.66 bits per heavy atom. The van der Waals surface area contributed by atoms with Gasteiger partial charge in [-0.15, -0.1) is 0 Å². The highest BCUT2D eigenvalue weighted by Crippen LogP contribution is 2.26. The molecule has 2 aromatic carbocycles. The smallest absolute Gasteiger partial charge is 0.269 e. The fourth-order valence-electron chi connectivity index (χ4n) is 2.21. The number of rotatable bonds is 6. The van der Waals surface area contributed by atoms with Gasteiger partial charge in [-0.25, -0.2) is 0 Å². The van der Waals surface area contributed by atoms with Gasteiger partial charge in [-0.3, -0.25) is 25.8 Å². The lowest BCUT2D eigenvalue weighted by atomic mass is 10.1. The maximum Gasteiger partial charge on any atom is 0.269 e. The molecule has 0 atom stereocenters. The normalized spacial score (nSPS) is 10.2. The van der Waals surface area contributed by atoms with Crippen LogP contribution in [0.15, 0.2) is 45.3 Å². The molecule has 0 unspecified atom stereocenters. The van der Waals surface area contributed by atoms with Gasteiger partial charge in [-0.2, -0.15) is 0 Å². The van der Waals surface area contributed by atoms with Gasteiger partial charge in [0.15, 0.2) is 5.11 Å². The Hall–Kier alpha value is -1.97. The summed E-state index contributed by atoms with van der Waals surface area (Å²) in [5.41, 5.74) is 6.85. The van der Waals surface area contributed by atoms with Crippen molar-refractivity contribution in [1.82, 2.24) is 16.2 Å². The standard InChI is InChI=1S/C20H21Br2N3O3S/c1-3-4-9-28-17-8-7-13(11-16(17)22)18(26)23-20(29)25-24-19(27)14-6-5-12(2)15(21)10-14/h5-8,10-11H,3-4,9H2,1-2H3,(H,24,27)(H2,23,25,26,29). The highest BCUT2D eigenvalue weighted by atomic mass is 79.9. The summed E-state index contributed by atoms with van der Waals surface area (Å²) in [6, 6.07) is 10.2. The van der Waals surface area contributed by atoms with Crippen LogP contribution in [0.25, 0.3) is 0 Å². The molecular weight excluding hydrogens is 522 g/mol. The molecule has 0 aliphatic heterocycles. The van der Waals surface area contributed by atoms with Crippen LogP contribution in [-0.4, -0.2) is 23.5 Å². The SMILES string of the molecule is CCCCOc1ccc(C(=O)NC(=S)NNC(=O)c2ccc(C)c(Br)c2)cc1Br. The van der Waals surface area contributed by atoms with Crippen molar-refractivity contribution in [2.24, 2.45) is 0 Å². The van der Waals surface area contributed by atoms with E-state index in [0.29, 0.717) is 28.0 Å². The van der Waals surface area contributed by atoms with Crippen LogP contribution < -0.4 is 20.9 Å². The Labute approximate surface area is 192 Å². The summed E-state index contributed by atoms with van der Waals surface area (Å²) >= 11 is 11.9. The summed E-state index contributed by atoms with van der Waals surface area (Å²) in [6.45, 7) is 4.63. The summed E-state index contributed by atoms with van der Waals surface area (Å²) < 4.78 is 7.15. The van der Waals surface area contributed by atoms with E-state index in [1.807, 2.05) is 13.0 Å². The lowest BCUT2D eigenvalue weighted by Crippen LogP contribution is -2.48. The number of carbonyl (C=O) groups excluding carboxylic acids is 2. The van der Waals surface area contributed by atoms with Crippen LogP contribution in [0, 0.1) is 6.92 Å². The molecule has 0 heterocycles. The van der Waals surface area contributed by atoms with Crippen molar-refractivity contribution in [1.29, 1.82) is 0 Å². The van der Waals surface area contributed by atoms with E-state index in [-0.39, 0.29) is 11.0 Å². The molecule has 0 radical (unpaired) electrons. The van der Waals surface area contributed by atoms with Gasteiger partial charge >= 0.3 is 0 Å². The molecule has 9 heteroatoms. The summed E-state index contributed by atoms with van der Waals surface area (Å²) in [4.78, 5) is 24.5. The second kappa shape index (κ2) is 11.3. The molecule has 0 spiro atoms. The molecule has 0 aromatic heterocycles. The van der Waals surface area contributed by atoms with Crippen LogP contribution in [0.2, 0.25) is 0 Å². The van der Waals surface area contributed by atoms with Gasteiger partial charge in [0.25, 0.3) is 11.8 Å². The molecule has 2 aromatic rings. The van der Waals surface area contributed by atoms with Gasteiger partial charge in [0, 0.05) is 15.6 Å². The zero-order valence-corrected chi connectivity index (χ0v) is 20.0. The van der Waals surface area contributed by atoms with Crippen molar-refractivity contribution in [3.63, 3.8) is 0 Å². The van der Waals surface area contributed by atoms with E-state index >= 15 is 0 Å². The van der Waals surface area contributed by atoms with Crippen LogP contribution >= 0.6 is 44.1 Å². The first-order chi connectivity index (χ1) is 13.8. The Kier molecular flexibility index (Phi) is 9.06. The van der Waals surface area contributed by atoms with Crippen LogP contribution in [0.4, 0.5) is 0 Å². The van der Waals surface area contributed by atoms with E-state index in [1.54, 1.807) is 30.3 Å². The third-order valence-corrected chi connectivity index (χ3v) is 5.58. The Morgan fingerprint density at radius 3 is 2.31 bits per heavy atom. The van der Waals surface area contributed by atoms with Gasteiger partial charge in [0.05, 0.1) is 11.1 Å². The van der Waals surface area contributed by atoms with Crippen molar-refractivity contribution in [2.45, 2.75) is 26.7 Å². The minimum atomic E-state index is -0.407. The number of hydrazine groups is 1. The van der Waals surface area contributed by atoms with Gasteiger partial charge in [0.1, 0.15) is 5.75 Å². The number of hydrogen-bond acceptors (Lipinski definition) is 4. The fraction of sp³-hybridized carbons (Fsp3) is 0.250. The number of carbonyl (C=O) groups is 2. The van der Waals surface area contributed by atoms with Gasteiger partial charge in [-0.1, -0.05) is 35.3 Å². The molecule has 3 N–H and O–H groups in total. The average molecular weight is 543 g/mol. The minimum Gasteiger partial charge on any atom is -0.492 e. The summed E-state index contributed by atoms with van der Waals surface area (Å²) in [5, 5.41) is 2.50. The maximum atomic E-state index is 12.4. The number of nitrogens with one attached hydrogen (secondary N) is 3. The van der Waals surface area contributed by atoms with Gasteiger partial charge in [-0.05, 0) is 77.4 Å². The molecule has 29 heavy (non-hydrogen) atoms. The number of unbranched alkanes of at least 4 members (excludes halogenated alkanes) is 1. The lowest BCUT2D eigenvalue weighted by molar-refractivity contribution is 0.0934. The van der Waals surface area contributed by atoms with Crippen LogP contribution in [-0.2, 0) is 0 Å². The minimum absolute atomic E-state index is 0.0195. The summed E-state index contributed by atoms with van der Waals surface area (Å²) in [5.74, 6) is -0.110. The van der Waals surface area contributed by atoms with Crippen molar-refractivity contribution >= 4 is 61.0 Å². The molecule has 2 rings (SSSR count). The molecule has 0 saturated heterocycles. The number of thiocarbonyl (C=S) groups is 1. The second-order valence-electron chi connectivity index (χ2n) is 6.17. The van der Waals surface area contributed by atoms with Crippen LogP contribution in [0.5, 0.6) is 5.75 Å². The summed E-state index contributed by atoms with van der Waals surface area (Å²) in [6.07, 6.45) is 2.00. The highest BCUT2D eigenvalue weighted by Gasteiger charge is 2.12. The van der Waals surface area contributed by atoms with E-state index in [2.05, 4.69) is 55.0 Å². The second-order valence-corrected chi connectivity index (χ2v) is 8.29. The van der Waals surface area contributed by atoms with Crippen molar-refractivity contribution in [3.8, 4) is 5.75 Å². The quantitative estimate of drug-likeness (QED) is 0.281. The predicted molar refractivity (Wildman–Crippen MR) is 124 cm³/mol. The van der Waals surface area contributed by atoms with Crippen molar-refractivity contribution < 1.29 is 14.3 Å². The molecule has 2 amide bonds. The molecule has 154 valence electrons. The third kappa shape index (κ3) is 7.09. The zero-order valence-electron chi connectivity index (χ0n) is 16.0. The summed E-state index contributed by atoms with van der Waals surface area (Å²) in [7, 11) is 0. The fourth-order valence-corrected chi connectivity index (χ4v) is 3.23. The average Bonchev–Trinajstić information content (AvgIpc) is 2.69. The first kappa shape index (κ1) is 23.3. The van der Waals surface area contributed by atoms with Gasteiger partial charge in [0.2, 0.25) is 0 Å². The third-order valence-electron chi connectivity index (χ3n) is 3.90. The molecule has 6 nitrogen and oxygen atoms in total. The number of ether oxygens (including phenoxy) is 1. The van der Waals surface area contributed by atoms with Crippen LogP contribution in [0.1, 0.15) is 46.0 Å². The van der Waals surface area contributed by atoms with Crippen LogP contribution in [0.3, 0.4) is 0 Å². The predicted octanol–water partition coefficient (Wildman–Crippen LogP) is 4.65. The molecule has 0 bridgehead atoms. The van der Waals surface area contributed by atoms with E-state index in [1.165, 1.54) is 0 Å². The van der Waals surface area contributed by atoms with E-state index < -0.39 is 5.91 Å². The first-order valence-corrected chi connectivity index (χ1v) is 10.9. The Morgan fingerprint density at radius 1 is 1.00 bits per heavy atom. The molecule has 0 saturated carbocycles. The molecular formula is C20H21Br2N3O3S. The molecule has 0 aliphatic rings. The topological polar surface area (TPSA) is 79.5 Å². The zero-order chi connectivity index (χ0) is 21.4. The monoisotopic (exact) mass is 541 g/mol. The molecule has 0 fully saturated rings. The van der Waals surface area contributed by atoms with Gasteiger partial charge < -0.3 is 4.74 Å². The maximum absolute atomic E-state index is 12.4. The number of aryl methyl sites for hydroxylation is 1. The Bertz CT molecular complexity index is 922.